The average molecular weight is 379 g/mol. The van der Waals surface area contributed by atoms with Gasteiger partial charge in [-0.1, -0.05) is 0 Å². The standard InChI is InChI=1S/C23H39ClN2/c1-14-15(2)17(4)21(18(5)16(14)3)25-12-13-26(20(7)19(25)6)23(10,11)22(8,9)24/h19-20H,12-13H2,1-11H3. The molecule has 0 bridgehead atoms. The van der Waals surface area contributed by atoms with Gasteiger partial charge in [-0.05, 0) is 104 Å². The highest BCUT2D eigenvalue weighted by Gasteiger charge is 2.46. The van der Waals surface area contributed by atoms with E-state index >= 15 is 0 Å². The topological polar surface area (TPSA) is 6.48 Å². The van der Waals surface area contributed by atoms with E-state index in [1.807, 2.05) is 0 Å². The lowest BCUT2D eigenvalue weighted by molar-refractivity contribution is 0.0268. The molecule has 2 unspecified atom stereocenters. The van der Waals surface area contributed by atoms with Crippen LogP contribution in [0.2, 0.25) is 0 Å². The molecule has 0 aliphatic carbocycles. The Morgan fingerprint density at radius 3 is 1.58 bits per heavy atom. The van der Waals surface area contributed by atoms with Gasteiger partial charge in [-0.2, -0.15) is 0 Å². The van der Waals surface area contributed by atoms with E-state index in [2.05, 4.69) is 86.0 Å². The van der Waals surface area contributed by atoms with Crippen LogP contribution in [0.4, 0.5) is 5.69 Å². The lowest BCUT2D eigenvalue weighted by atomic mass is 9.84. The van der Waals surface area contributed by atoms with Crippen molar-refractivity contribution in [3.05, 3.63) is 27.8 Å². The summed E-state index contributed by atoms with van der Waals surface area (Å²) in [6, 6.07) is 0.887. The fraction of sp³-hybridized carbons (Fsp3) is 0.739. The molecule has 1 saturated heterocycles. The highest BCUT2D eigenvalue weighted by atomic mass is 35.5. The van der Waals surface area contributed by atoms with E-state index in [1.165, 1.54) is 33.5 Å². The van der Waals surface area contributed by atoms with Gasteiger partial charge in [0.25, 0.3) is 0 Å². The molecule has 1 aromatic rings. The highest BCUT2D eigenvalue weighted by molar-refractivity contribution is 6.24. The fourth-order valence-corrected chi connectivity index (χ4v) is 4.61. The van der Waals surface area contributed by atoms with Gasteiger partial charge < -0.3 is 4.90 Å². The number of benzene rings is 1. The third-order valence-corrected chi connectivity index (χ3v) is 8.15. The smallest absolute Gasteiger partial charge is 0.0568 e. The maximum Gasteiger partial charge on any atom is 0.0568 e. The first kappa shape index (κ1) is 21.6. The average Bonchev–Trinajstić information content (AvgIpc) is 2.54. The molecule has 26 heavy (non-hydrogen) atoms. The van der Waals surface area contributed by atoms with Crippen LogP contribution in [0.25, 0.3) is 0 Å². The highest BCUT2D eigenvalue weighted by Crippen LogP contribution is 2.40. The van der Waals surface area contributed by atoms with E-state index in [0.717, 1.165) is 13.1 Å². The molecule has 1 fully saturated rings. The van der Waals surface area contributed by atoms with Gasteiger partial charge in [0.05, 0.1) is 4.87 Å². The van der Waals surface area contributed by atoms with E-state index in [0.29, 0.717) is 12.1 Å². The van der Waals surface area contributed by atoms with E-state index in [1.54, 1.807) is 0 Å². The maximum absolute atomic E-state index is 6.78. The lowest BCUT2D eigenvalue weighted by Crippen LogP contribution is -2.67. The van der Waals surface area contributed by atoms with Gasteiger partial charge in [-0.25, -0.2) is 0 Å². The summed E-state index contributed by atoms with van der Waals surface area (Å²) in [5, 5.41) is 0. The normalized spacial score (nSPS) is 22.8. The zero-order valence-corrected chi connectivity index (χ0v) is 19.6. The summed E-state index contributed by atoms with van der Waals surface area (Å²) in [7, 11) is 0. The van der Waals surface area contributed by atoms with Crippen molar-refractivity contribution in [1.29, 1.82) is 0 Å². The first-order chi connectivity index (χ1) is 11.7. The summed E-state index contributed by atoms with van der Waals surface area (Å²) in [6.45, 7) is 27.0. The van der Waals surface area contributed by atoms with Crippen LogP contribution in [0.1, 0.15) is 69.4 Å². The fourth-order valence-electron chi connectivity index (χ4n) is 4.50. The monoisotopic (exact) mass is 378 g/mol. The summed E-state index contributed by atoms with van der Waals surface area (Å²) >= 11 is 6.78. The Balaban J connectivity index is 2.44. The molecule has 1 aliphatic rings. The van der Waals surface area contributed by atoms with Crippen LogP contribution in [0, 0.1) is 34.6 Å². The minimum atomic E-state index is -0.272. The van der Waals surface area contributed by atoms with Crippen LogP contribution in [-0.4, -0.2) is 40.5 Å². The van der Waals surface area contributed by atoms with E-state index < -0.39 is 0 Å². The number of halogens is 1. The third kappa shape index (κ3) is 3.29. The molecule has 2 atom stereocenters. The number of anilines is 1. The van der Waals surface area contributed by atoms with Crippen molar-refractivity contribution < 1.29 is 0 Å². The predicted molar refractivity (Wildman–Crippen MR) is 117 cm³/mol. The lowest BCUT2D eigenvalue weighted by Gasteiger charge is -2.56. The predicted octanol–water partition coefficient (Wildman–Crippen LogP) is 5.92. The van der Waals surface area contributed by atoms with Crippen molar-refractivity contribution in [1.82, 2.24) is 4.90 Å². The Labute approximate surface area is 166 Å². The van der Waals surface area contributed by atoms with Crippen LogP contribution in [-0.2, 0) is 0 Å². The van der Waals surface area contributed by atoms with E-state index in [-0.39, 0.29) is 10.4 Å². The molecule has 0 aromatic heterocycles. The Hall–Kier alpha value is -0.730. The molecule has 0 N–H and O–H groups in total. The van der Waals surface area contributed by atoms with Crippen molar-refractivity contribution in [2.75, 3.05) is 18.0 Å². The van der Waals surface area contributed by atoms with Crippen molar-refractivity contribution in [2.45, 2.75) is 98.7 Å². The molecule has 2 rings (SSSR count). The molecule has 2 nitrogen and oxygen atoms in total. The minimum absolute atomic E-state index is 0.0580. The van der Waals surface area contributed by atoms with E-state index in [4.69, 9.17) is 11.6 Å². The zero-order valence-electron chi connectivity index (χ0n) is 18.8. The summed E-state index contributed by atoms with van der Waals surface area (Å²) < 4.78 is 0. The molecule has 0 saturated carbocycles. The summed E-state index contributed by atoms with van der Waals surface area (Å²) in [5.41, 5.74) is 8.59. The Kier molecular flexibility index (Phi) is 5.82. The van der Waals surface area contributed by atoms with Crippen LogP contribution < -0.4 is 4.90 Å². The molecule has 0 amide bonds. The van der Waals surface area contributed by atoms with Crippen LogP contribution in [0.5, 0.6) is 0 Å². The SMILES string of the molecule is Cc1c(C)c(C)c(N2CCN(C(C)(C)C(C)(C)Cl)C(C)C2C)c(C)c1C. The van der Waals surface area contributed by atoms with Crippen LogP contribution >= 0.6 is 11.6 Å². The zero-order chi connectivity index (χ0) is 20.2. The molecule has 148 valence electrons. The molecular formula is C23H39ClN2. The largest absolute Gasteiger partial charge is 0.366 e. The second-order valence-electron chi connectivity index (χ2n) is 9.37. The first-order valence-electron chi connectivity index (χ1n) is 10.0. The maximum atomic E-state index is 6.78. The van der Waals surface area contributed by atoms with Gasteiger partial charge in [0, 0.05) is 36.4 Å². The molecular weight excluding hydrogens is 340 g/mol. The van der Waals surface area contributed by atoms with Crippen molar-refractivity contribution >= 4 is 17.3 Å². The molecule has 0 spiro atoms. The quantitative estimate of drug-likeness (QED) is 0.602. The number of alkyl halides is 1. The number of piperazine rings is 1. The number of hydrogen-bond donors (Lipinski definition) is 0. The first-order valence-corrected chi connectivity index (χ1v) is 10.4. The van der Waals surface area contributed by atoms with Gasteiger partial charge in [0.2, 0.25) is 0 Å². The number of nitrogens with zero attached hydrogens (tertiary/aromatic N) is 2. The Morgan fingerprint density at radius 1 is 0.731 bits per heavy atom. The number of rotatable bonds is 3. The molecule has 1 aliphatic heterocycles. The van der Waals surface area contributed by atoms with Crippen molar-refractivity contribution in [3.63, 3.8) is 0 Å². The van der Waals surface area contributed by atoms with Gasteiger partial charge in [-0.15, -0.1) is 11.6 Å². The number of hydrogen-bond acceptors (Lipinski definition) is 2. The molecule has 0 radical (unpaired) electrons. The second kappa shape index (κ2) is 7.02. The second-order valence-corrected chi connectivity index (χ2v) is 10.3. The molecule has 1 aromatic carbocycles. The van der Waals surface area contributed by atoms with Crippen LogP contribution in [0.15, 0.2) is 0 Å². The Morgan fingerprint density at radius 2 is 1.15 bits per heavy atom. The van der Waals surface area contributed by atoms with Crippen molar-refractivity contribution in [2.24, 2.45) is 0 Å². The summed E-state index contributed by atoms with van der Waals surface area (Å²) in [6.07, 6.45) is 0. The molecule has 3 heteroatoms. The van der Waals surface area contributed by atoms with Gasteiger partial charge in [0.1, 0.15) is 0 Å². The van der Waals surface area contributed by atoms with Crippen LogP contribution in [0.3, 0.4) is 0 Å². The Bertz CT molecular complexity index is 655. The molecule has 1 heterocycles. The minimum Gasteiger partial charge on any atom is -0.366 e. The van der Waals surface area contributed by atoms with Gasteiger partial charge >= 0.3 is 0 Å². The van der Waals surface area contributed by atoms with Gasteiger partial charge in [0.15, 0.2) is 0 Å². The van der Waals surface area contributed by atoms with E-state index in [9.17, 15) is 0 Å². The van der Waals surface area contributed by atoms with Crippen molar-refractivity contribution in [3.8, 4) is 0 Å². The summed E-state index contributed by atoms with van der Waals surface area (Å²) in [5.74, 6) is 0. The van der Waals surface area contributed by atoms with Gasteiger partial charge in [-0.3, -0.25) is 4.90 Å². The third-order valence-electron chi connectivity index (χ3n) is 7.68. The summed E-state index contributed by atoms with van der Waals surface area (Å²) in [4.78, 5) is 4.98.